The summed E-state index contributed by atoms with van der Waals surface area (Å²) in [5, 5.41) is 11.7. The Morgan fingerprint density at radius 1 is 1.00 bits per heavy atom. The van der Waals surface area contributed by atoms with E-state index >= 15 is 0 Å². The first-order valence-corrected chi connectivity index (χ1v) is 6.11. The molecule has 2 nitrogen and oxygen atoms in total. The van der Waals surface area contributed by atoms with Crippen molar-refractivity contribution >= 4 is 0 Å². The predicted octanol–water partition coefficient (Wildman–Crippen LogP) is 2.96. The quantitative estimate of drug-likeness (QED) is 0.733. The zero-order chi connectivity index (χ0) is 13.6. The highest BCUT2D eigenvalue weighted by molar-refractivity contribution is 4.75. The summed E-state index contributed by atoms with van der Waals surface area (Å²) >= 11 is 0. The van der Waals surface area contributed by atoms with Crippen LogP contribution in [0.25, 0.3) is 0 Å². The number of halogens is 3. The zero-order valence-corrected chi connectivity index (χ0v) is 11.0. The third kappa shape index (κ3) is 8.44. The van der Waals surface area contributed by atoms with Crippen LogP contribution >= 0.6 is 0 Å². The smallest absolute Gasteiger partial charge is 0.382 e. The van der Waals surface area contributed by atoms with Crippen molar-refractivity contribution in [3.05, 3.63) is 0 Å². The minimum Gasteiger partial charge on any atom is -0.382 e. The molecule has 0 heterocycles. The molecular formula is C12H24F3NO. The fourth-order valence-corrected chi connectivity index (χ4v) is 1.79. The summed E-state index contributed by atoms with van der Waals surface area (Å²) in [5.74, 6) is 0.851. The van der Waals surface area contributed by atoms with Crippen molar-refractivity contribution in [2.45, 2.75) is 58.9 Å². The van der Waals surface area contributed by atoms with Crippen molar-refractivity contribution in [3.8, 4) is 0 Å². The Labute approximate surface area is 102 Å². The number of aliphatic hydroxyl groups excluding tert-OH is 1. The van der Waals surface area contributed by atoms with E-state index in [0.717, 1.165) is 12.8 Å². The number of hydrogen-bond donors (Lipinski definition) is 2. The van der Waals surface area contributed by atoms with Crippen molar-refractivity contribution in [1.29, 1.82) is 0 Å². The van der Waals surface area contributed by atoms with Crippen LogP contribution in [0.15, 0.2) is 0 Å². The van der Waals surface area contributed by atoms with Gasteiger partial charge in [-0.3, -0.25) is 0 Å². The molecule has 0 fully saturated rings. The van der Waals surface area contributed by atoms with E-state index in [1.807, 2.05) is 27.7 Å². The third-order valence-corrected chi connectivity index (χ3v) is 2.49. The van der Waals surface area contributed by atoms with Crippen LogP contribution in [0, 0.1) is 11.8 Å². The molecule has 17 heavy (non-hydrogen) atoms. The second-order valence-corrected chi connectivity index (χ2v) is 5.42. The van der Waals surface area contributed by atoms with Crippen LogP contribution in [-0.2, 0) is 0 Å². The van der Waals surface area contributed by atoms with Gasteiger partial charge in [0.05, 0.1) is 0 Å². The topological polar surface area (TPSA) is 32.3 Å². The van der Waals surface area contributed by atoms with Gasteiger partial charge in [0, 0.05) is 12.6 Å². The Kier molecular flexibility index (Phi) is 7.09. The van der Waals surface area contributed by atoms with Gasteiger partial charge in [0.15, 0.2) is 6.10 Å². The van der Waals surface area contributed by atoms with E-state index in [1.165, 1.54) is 0 Å². The predicted molar refractivity (Wildman–Crippen MR) is 62.8 cm³/mol. The molecule has 0 aliphatic heterocycles. The van der Waals surface area contributed by atoms with Crippen molar-refractivity contribution in [3.63, 3.8) is 0 Å². The van der Waals surface area contributed by atoms with E-state index in [1.54, 1.807) is 0 Å². The van der Waals surface area contributed by atoms with Gasteiger partial charge in [0.25, 0.3) is 0 Å². The molecule has 0 rings (SSSR count). The van der Waals surface area contributed by atoms with Crippen LogP contribution in [0.5, 0.6) is 0 Å². The molecule has 0 aromatic heterocycles. The van der Waals surface area contributed by atoms with E-state index in [0.29, 0.717) is 11.8 Å². The molecular weight excluding hydrogens is 231 g/mol. The summed E-state index contributed by atoms with van der Waals surface area (Å²) in [5.41, 5.74) is 0. The zero-order valence-electron chi connectivity index (χ0n) is 11.0. The normalized spacial score (nSPS) is 15.0. The maximum Gasteiger partial charge on any atom is 0.415 e. The van der Waals surface area contributed by atoms with Crippen LogP contribution in [0.2, 0.25) is 0 Å². The molecule has 1 unspecified atom stereocenters. The lowest BCUT2D eigenvalue weighted by atomic mass is 9.95. The van der Waals surface area contributed by atoms with Gasteiger partial charge in [0.2, 0.25) is 0 Å². The van der Waals surface area contributed by atoms with Crippen LogP contribution in [0.1, 0.15) is 40.5 Å². The second kappa shape index (κ2) is 7.21. The molecule has 0 spiro atoms. The highest BCUT2D eigenvalue weighted by Gasteiger charge is 2.38. The van der Waals surface area contributed by atoms with E-state index in [2.05, 4.69) is 5.32 Å². The van der Waals surface area contributed by atoms with Gasteiger partial charge < -0.3 is 10.4 Å². The maximum absolute atomic E-state index is 12.1. The first-order chi connectivity index (χ1) is 7.62. The van der Waals surface area contributed by atoms with Crippen LogP contribution in [0.3, 0.4) is 0 Å². The Bertz CT molecular complexity index is 194. The van der Waals surface area contributed by atoms with Gasteiger partial charge in [-0.05, 0) is 24.7 Å². The van der Waals surface area contributed by atoms with Crippen molar-refractivity contribution < 1.29 is 18.3 Å². The molecule has 0 aromatic carbocycles. The third-order valence-electron chi connectivity index (χ3n) is 2.49. The molecule has 104 valence electrons. The Morgan fingerprint density at radius 3 is 1.71 bits per heavy atom. The minimum atomic E-state index is -4.53. The molecule has 0 bridgehead atoms. The van der Waals surface area contributed by atoms with E-state index in [-0.39, 0.29) is 6.04 Å². The number of hydrogen-bond acceptors (Lipinski definition) is 2. The first-order valence-electron chi connectivity index (χ1n) is 6.11. The van der Waals surface area contributed by atoms with Crippen LogP contribution in [0.4, 0.5) is 13.2 Å². The van der Waals surface area contributed by atoms with E-state index in [9.17, 15) is 13.2 Å². The molecule has 5 heteroatoms. The fourth-order valence-electron chi connectivity index (χ4n) is 1.79. The minimum absolute atomic E-state index is 0.0343. The summed E-state index contributed by atoms with van der Waals surface area (Å²) in [6, 6.07) is 0.0343. The Morgan fingerprint density at radius 2 is 1.41 bits per heavy atom. The number of aliphatic hydroxyl groups is 1. The van der Waals surface area contributed by atoms with Crippen molar-refractivity contribution in [2.24, 2.45) is 11.8 Å². The number of rotatable bonds is 7. The number of alkyl halides is 3. The van der Waals surface area contributed by atoms with Gasteiger partial charge in [-0.1, -0.05) is 27.7 Å². The largest absolute Gasteiger partial charge is 0.415 e. The molecule has 0 aromatic rings. The summed E-state index contributed by atoms with van der Waals surface area (Å²) < 4.78 is 36.4. The van der Waals surface area contributed by atoms with E-state index in [4.69, 9.17) is 5.11 Å². The second-order valence-electron chi connectivity index (χ2n) is 5.42. The fraction of sp³-hybridized carbons (Fsp3) is 1.00. The molecule has 2 N–H and O–H groups in total. The van der Waals surface area contributed by atoms with Crippen LogP contribution < -0.4 is 5.32 Å². The van der Waals surface area contributed by atoms with Gasteiger partial charge in [-0.25, -0.2) is 0 Å². The Hall–Kier alpha value is -0.290. The summed E-state index contributed by atoms with van der Waals surface area (Å²) in [7, 11) is 0. The SMILES string of the molecule is CC(C)CC(CC(C)C)NCC(O)C(F)(F)F. The molecule has 0 amide bonds. The lowest BCUT2D eigenvalue weighted by Crippen LogP contribution is -2.43. The standard InChI is InChI=1S/C12H24F3NO/c1-8(2)5-10(6-9(3)4)16-7-11(17)12(13,14)15/h8-11,16-17H,5-7H2,1-4H3. The molecule has 0 aliphatic rings. The van der Waals surface area contributed by atoms with Gasteiger partial charge in [0.1, 0.15) is 0 Å². The maximum atomic E-state index is 12.1. The molecule has 0 saturated heterocycles. The van der Waals surface area contributed by atoms with Gasteiger partial charge >= 0.3 is 6.18 Å². The monoisotopic (exact) mass is 255 g/mol. The van der Waals surface area contributed by atoms with Gasteiger partial charge in [-0.2, -0.15) is 13.2 Å². The Balaban J connectivity index is 4.15. The van der Waals surface area contributed by atoms with Crippen LogP contribution in [-0.4, -0.2) is 30.0 Å². The summed E-state index contributed by atoms with van der Waals surface area (Å²) in [6.45, 7) is 7.72. The lowest BCUT2D eigenvalue weighted by Gasteiger charge is -2.24. The van der Waals surface area contributed by atoms with Crippen molar-refractivity contribution in [2.75, 3.05) is 6.54 Å². The lowest BCUT2D eigenvalue weighted by molar-refractivity contribution is -0.202. The highest BCUT2D eigenvalue weighted by Crippen LogP contribution is 2.20. The van der Waals surface area contributed by atoms with Crippen molar-refractivity contribution in [1.82, 2.24) is 5.32 Å². The molecule has 0 aliphatic carbocycles. The highest BCUT2D eigenvalue weighted by atomic mass is 19.4. The molecule has 0 radical (unpaired) electrons. The average molecular weight is 255 g/mol. The summed E-state index contributed by atoms with van der Waals surface area (Å²) in [6.07, 6.45) is -5.16. The summed E-state index contributed by atoms with van der Waals surface area (Å²) in [4.78, 5) is 0. The van der Waals surface area contributed by atoms with E-state index < -0.39 is 18.8 Å². The van der Waals surface area contributed by atoms with Gasteiger partial charge in [-0.15, -0.1) is 0 Å². The molecule has 1 atom stereocenters. The first kappa shape index (κ1) is 16.7. The number of nitrogens with one attached hydrogen (secondary N) is 1. The average Bonchev–Trinajstić information content (AvgIpc) is 2.10. The molecule has 0 saturated carbocycles.